The first-order valence-corrected chi connectivity index (χ1v) is 12.6. The van der Waals surface area contributed by atoms with Gasteiger partial charge in [0.2, 0.25) is 5.91 Å². The van der Waals surface area contributed by atoms with Gasteiger partial charge in [0, 0.05) is 42.7 Å². The number of hydrogen-bond donors (Lipinski definition) is 0. The minimum absolute atomic E-state index is 0.0772. The second-order valence-electron chi connectivity index (χ2n) is 9.03. The lowest BCUT2D eigenvalue weighted by atomic mass is 9.93. The van der Waals surface area contributed by atoms with Gasteiger partial charge in [0.15, 0.2) is 0 Å². The Labute approximate surface area is 203 Å². The third kappa shape index (κ3) is 4.50. The van der Waals surface area contributed by atoms with Gasteiger partial charge in [-0.1, -0.05) is 36.4 Å². The van der Waals surface area contributed by atoms with Crippen LogP contribution in [0.15, 0.2) is 66.0 Å². The fourth-order valence-corrected chi connectivity index (χ4v) is 6.02. The Balaban J connectivity index is 1.27. The first kappa shape index (κ1) is 22.7. The normalized spacial score (nSPS) is 20.8. The number of halogens is 1. The maximum absolute atomic E-state index is 13.6. The third-order valence-electron chi connectivity index (χ3n) is 6.83. The minimum atomic E-state index is -0.421. The number of hydrogen-bond acceptors (Lipinski definition) is 4. The molecular weight excluding hydrogens is 449 g/mol. The molecule has 34 heavy (non-hydrogen) atoms. The average molecular weight is 478 g/mol. The first-order valence-electron chi connectivity index (χ1n) is 11.7. The molecule has 2 aliphatic rings. The van der Waals surface area contributed by atoms with Crippen molar-refractivity contribution in [3.63, 3.8) is 0 Å². The number of nitrogens with zero attached hydrogens (tertiary/aromatic N) is 3. The van der Waals surface area contributed by atoms with E-state index in [1.807, 2.05) is 30.0 Å². The van der Waals surface area contributed by atoms with Gasteiger partial charge >= 0.3 is 0 Å². The summed E-state index contributed by atoms with van der Waals surface area (Å²) in [6, 6.07) is 18.3. The summed E-state index contributed by atoms with van der Waals surface area (Å²) in [6.07, 6.45) is 0.954. The van der Waals surface area contributed by atoms with Crippen LogP contribution >= 0.6 is 11.3 Å². The molecule has 2 aromatic carbocycles. The van der Waals surface area contributed by atoms with Crippen molar-refractivity contribution in [2.75, 3.05) is 32.7 Å². The molecule has 0 radical (unpaired) electrons. The number of rotatable bonds is 4. The summed E-state index contributed by atoms with van der Waals surface area (Å²) < 4.78 is 13.6. The van der Waals surface area contributed by atoms with Crippen LogP contribution in [0.3, 0.4) is 0 Å². The zero-order chi connectivity index (χ0) is 23.7. The van der Waals surface area contributed by atoms with Gasteiger partial charge < -0.3 is 9.80 Å². The fraction of sp³-hybridized carbons (Fsp3) is 0.333. The predicted octanol–water partition coefficient (Wildman–Crippen LogP) is 4.21. The van der Waals surface area contributed by atoms with Gasteiger partial charge in [0.1, 0.15) is 5.82 Å². The maximum atomic E-state index is 13.6. The highest BCUT2D eigenvalue weighted by Gasteiger charge is 2.34. The van der Waals surface area contributed by atoms with Crippen molar-refractivity contribution in [3.05, 3.63) is 93.4 Å². The predicted molar refractivity (Wildman–Crippen MR) is 131 cm³/mol. The van der Waals surface area contributed by atoms with E-state index in [4.69, 9.17) is 0 Å². The lowest BCUT2D eigenvalue weighted by Crippen LogP contribution is -2.57. The van der Waals surface area contributed by atoms with Crippen LogP contribution in [-0.2, 0) is 11.2 Å². The quantitative estimate of drug-likeness (QED) is 0.566. The number of carbonyl (C=O) groups is 2. The van der Waals surface area contributed by atoms with E-state index in [9.17, 15) is 14.0 Å². The first-order chi connectivity index (χ1) is 16.5. The van der Waals surface area contributed by atoms with Gasteiger partial charge in [-0.3, -0.25) is 14.5 Å². The number of thiophene rings is 1. The van der Waals surface area contributed by atoms with E-state index < -0.39 is 5.82 Å². The van der Waals surface area contributed by atoms with E-state index in [0.29, 0.717) is 31.7 Å². The molecule has 1 saturated heterocycles. The van der Waals surface area contributed by atoms with E-state index >= 15 is 0 Å². The van der Waals surface area contributed by atoms with Crippen LogP contribution in [0.1, 0.15) is 39.3 Å². The van der Waals surface area contributed by atoms with Gasteiger partial charge in [-0.05, 0) is 54.1 Å². The SMILES string of the molecule is CC1CN(C(=O)CN2CCc3sccc3C2c2ccccc2)CCN1C(=O)c1cccc(F)c1. The fourth-order valence-electron chi connectivity index (χ4n) is 5.11. The molecule has 2 atom stereocenters. The molecule has 7 heteroatoms. The summed E-state index contributed by atoms with van der Waals surface area (Å²) in [5, 5.41) is 2.14. The van der Waals surface area contributed by atoms with Crippen molar-refractivity contribution in [2.45, 2.75) is 25.4 Å². The summed E-state index contributed by atoms with van der Waals surface area (Å²) >= 11 is 1.79. The average Bonchev–Trinajstić information content (AvgIpc) is 3.33. The molecule has 2 unspecified atom stereocenters. The summed E-state index contributed by atoms with van der Waals surface area (Å²) in [4.78, 5) is 33.5. The second kappa shape index (κ2) is 9.68. The van der Waals surface area contributed by atoms with Crippen LogP contribution in [0.2, 0.25) is 0 Å². The van der Waals surface area contributed by atoms with Crippen molar-refractivity contribution in [2.24, 2.45) is 0 Å². The summed E-state index contributed by atoms with van der Waals surface area (Å²) in [6.45, 7) is 4.54. The standard InChI is InChI=1S/C27H28FN3O2S/c1-19-17-29(13-14-31(19)27(33)21-8-5-9-22(28)16-21)25(32)18-30-12-10-24-23(11-15-34-24)26(30)20-6-3-2-4-7-20/h2-9,11,15-16,19,26H,10,12-14,17-18H2,1H3. The summed E-state index contributed by atoms with van der Waals surface area (Å²) in [5.74, 6) is -0.524. The Kier molecular flexibility index (Phi) is 6.48. The molecule has 0 N–H and O–H groups in total. The van der Waals surface area contributed by atoms with Gasteiger partial charge in [-0.25, -0.2) is 4.39 Å². The Hall–Kier alpha value is -3.03. The zero-order valence-electron chi connectivity index (χ0n) is 19.2. The van der Waals surface area contributed by atoms with Crippen LogP contribution in [0.5, 0.6) is 0 Å². The zero-order valence-corrected chi connectivity index (χ0v) is 20.0. The molecular formula is C27H28FN3O2S. The Morgan fingerprint density at radius 3 is 2.62 bits per heavy atom. The van der Waals surface area contributed by atoms with Gasteiger partial charge in [-0.2, -0.15) is 0 Å². The molecule has 0 spiro atoms. The van der Waals surface area contributed by atoms with Crippen LogP contribution in [0.4, 0.5) is 4.39 Å². The number of piperazine rings is 1. The van der Waals surface area contributed by atoms with Crippen molar-refractivity contribution >= 4 is 23.2 Å². The lowest BCUT2D eigenvalue weighted by Gasteiger charge is -2.42. The van der Waals surface area contributed by atoms with Crippen molar-refractivity contribution in [3.8, 4) is 0 Å². The van der Waals surface area contributed by atoms with E-state index in [1.165, 1.54) is 28.1 Å². The molecule has 0 bridgehead atoms. The molecule has 1 fully saturated rings. The Morgan fingerprint density at radius 1 is 1.03 bits per heavy atom. The number of carbonyl (C=O) groups excluding carboxylic acids is 2. The van der Waals surface area contributed by atoms with Gasteiger partial charge in [-0.15, -0.1) is 11.3 Å². The number of amides is 2. The van der Waals surface area contributed by atoms with E-state index in [2.05, 4.69) is 28.5 Å². The molecule has 5 rings (SSSR count). The topological polar surface area (TPSA) is 43.9 Å². The highest BCUT2D eigenvalue weighted by atomic mass is 32.1. The highest BCUT2D eigenvalue weighted by molar-refractivity contribution is 7.10. The van der Waals surface area contributed by atoms with Crippen molar-refractivity contribution in [1.82, 2.24) is 14.7 Å². The van der Waals surface area contributed by atoms with E-state index in [0.717, 1.165) is 13.0 Å². The maximum Gasteiger partial charge on any atom is 0.254 e. The molecule has 5 nitrogen and oxygen atoms in total. The monoisotopic (exact) mass is 477 g/mol. The molecule has 1 aromatic heterocycles. The van der Waals surface area contributed by atoms with Crippen LogP contribution in [-0.4, -0.2) is 65.3 Å². The molecule has 3 aromatic rings. The smallest absolute Gasteiger partial charge is 0.254 e. The van der Waals surface area contributed by atoms with Gasteiger partial charge in [0.05, 0.1) is 12.6 Å². The molecule has 2 amide bonds. The third-order valence-corrected chi connectivity index (χ3v) is 7.83. The van der Waals surface area contributed by atoms with Crippen LogP contribution < -0.4 is 0 Å². The molecule has 0 saturated carbocycles. The van der Waals surface area contributed by atoms with E-state index in [1.54, 1.807) is 28.4 Å². The molecule has 3 heterocycles. The summed E-state index contributed by atoms with van der Waals surface area (Å²) in [5.41, 5.74) is 2.85. The van der Waals surface area contributed by atoms with Gasteiger partial charge in [0.25, 0.3) is 5.91 Å². The van der Waals surface area contributed by atoms with Crippen molar-refractivity contribution < 1.29 is 14.0 Å². The van der Waals surface area contributed by atoms with Crippen molar-refractivity contribution in [1.29, 1.82) is 0 Å². The Morgan fingerprint density at radius 2 is 1.85 bits per heavy atom. The van der Waals surface area contributed by atoms with E-state index in [-0.39, 0.29) is 23.9 Å². The lowest BCUT2D eigenvalue weighted by molar-refractivity contribution is -0.135. The molecule has 0 aliphatic carbocycles. The number of benzene rings is 2. The van der Waals surface area contributed by atoms with Crippen LogP contribution in [0.25, 0.3) is 0 Å². The number of fused-ring (bicyclic) bond motifs is 1. The highest BCUT2D eigenvalue weighted by Crippen LogP contribution is 2.37. The molecule has 176 valence electrons. The minimum Gasteiger partial charge on any atom is -0.338 e. The Bertz CT molecular complexity index is 1180. The summed E-state index contributed by atoms with van der Waals surface area (Å²) in [7, 11) is 0. The largest absolute Gasteiger partial charge is 0.338 e. The van der Waals surface area contributed by atoms with Crippen LogP contribution in [0, 0.1) is 5.82 Å². The molecule has 2 aliphatic heterocycles. The second-order valence-corrected chi connectivity index (χ2v) is 10.0.